The average molecular weight is 344 g/mol. The molecule has 1 aromatic heterocycles. The Morgan fingerprint density at radius 1 is 1.44 bits per heavy atom. The van der Waals surface area contributed by atoms with Gasteiger partial charge in [-0.25, -0.2) is 0 Å². The first-order valence-corrected chi connectivity index (χ1v) is 8.47. The number of likely N-dealkylation sites (N-methyl/N-ethyl adjacent to an activating group) is 1. The predicted molar refractivity (Wildman–Crippen MR) is 94.5 cm³/mol. The van der Waals surface area contributed by atoms with Crippen molar-refractivity contribution in [1.82, 2.24) is 15.1 Å². The number of carbonyl (C=O) groups excluding carboxylic acids is 1. The number of aromatic nitrogens is 2. The van der Waals surface area contributed by atoms with Gasteiger partial charge in [0, 0.05) is 31.1 Å². The normalized spacial score (nSPS) is 18.1. The lowest BCUT2D eigenvalue weighted by molar-refractivity contribution is -0.118. The molecule has 2 N–H and O–H groups in total. The van der Waals surface area contributed by atoms with Crippen LogP contribution < -0.4 is 15.4 Å². The maximum absolute atomic E-state index is 12.5. The smallest absolute Gasteiger partial charge is 0.246 e. The molecule has 7 nitrogen and oxygen atoms in total. The molecule has 134 valence electrons. The fourth-order valence-electron chi connectivity index (χ4n) is 2.85. The lowest BCUT2D eigenvalue weighted by atomic mass is 10.1. The average Bonchev–Trinajstić information content (AvgIpc) is 3.27. The van der Waals surface area contributed by atoms with Gasteiger partial charge >= 0.3 is 0 Å². The first-order chi connectivity index (χ1) is 12.2. The molecule has 2 atom stereocenters. The summed E-state index contributed by atoms with van der Waals surface area (Å²) in [5.41, 5.74) is 1.54. The number of carbonyl (C=O) groups is 1. The molecule has 1 aromatic carbocycles. The van der Waals surface area contributed by atoms with Crippen molar-refractivity contribution in [2.45, 2.75) is 25.0 Å². The third-order valence-electron chi connectivity index (χ3n) is 4.19. The largest absolute Gasteiger partial charge is 0.491 e. The number of ether oxygens (including phenoxy) is 2. The Labute approximate surface area is 147 Å². The fourth-order valence-corrected chi connectivity index (χ4v) is 2.85. The van der Waals surface area contributed by atoms with Gasteiger partial charge in [-0.1, -0.05) is 0 Å². The first kappa shape index (κ1) is 17.4. The van der Waals surface area contributed by atoms with E-state index in [4.69, 9.17) is 9.47 Å². The molecular weight excluding hydrogens is 320 g/mol. The van der Waals surface area contributed by atoms with Gasteiger partial charge in [0.2, 0.25) is 5.91 Å². The van der Waals surface area contributed by atoms with E-state index in [0.717, 1.165) is 36.4 Å². The molecule has 1 aliphatic heterocycles. The molecule has 3 rings (SSSR count). The van der Waals surface area contributed by atoms with Gasteiger partial charge in [-0.3, -0.25) is 9.48 Å². The van der Waals surface area contributed by atoms with E-state index in [-0.39, 0.29) is 12.0 Å². The van der Waals surface area contributed by atoms with Crippen LogP contribution in [0.25, 0.3) is 0 Å². The van der Waals surface area contributed by atoms with E-state index in [1.54, 1.807) is 17.9 Å². The van der Waals surface area contributed by atoms with Crippen molar-refractivity contribution in [2.24, 2.45) is 7.05 Å². The maximum Gasteiger partial charge on any atom is 0.246 e. The topological polar surface area (TPSA) is 77.4 Å². The monoisotopic (exact) mass is 344 g/mol. The van der Waals surface area contributed by atoms with E-state index in [1.165, 1.54) is 0 Å². The minimum atomic E-state index is -0.454. The highest BCUT2D eigenvalue weighted by molar-refractivity contribution is 5.95. The van der Waals surface area contributed by atoms with E-state index in [1.807, 2.05) is 37.5 Å². The van der Waals surface area contributed by atoms with Crippen LogP contribution in [0.15, 0.2) is 36.7 Å². The molecule has 1 saturated heterocycles. The van der Waals surface area contributed by atoms with Gasteiger partial charge in [0.15, 0.2) is 0 Å². The second-order valence-electron chi connectivity index (χ2n) is 6.13. The summed E-state index contributed by atoms with van der Waals surface area (Å²) in [5, 5.41) is 10.0. The van der Waals surface area contributed by atoms with Crippen molar-refractivity contribution in [2.75, 3.05) is 25.6 Å². The molecule has 1 aliphatic rings. The number of hydrogen-bond donors (Lipinski definition) is 2. The van der Waals surface area contributed by atoms with Crippen molar-refractivity contribution < 1.29 is 14.3 Å². The Bertz CT molecular complexity index is 693. The van der Waals surface area contributed by atoms with Gasteiger partial charge in [0.25, 0.3) is 0 Å². The zero-order valence-electron chi connectivity index (χ0n) is 14.6. The molecule has 1 amide bonds. The summed E-state index contributed by atoms with van der Waals surface area (Å²) in [6.07, 6.45) is 5.84. The van der Waals surface area contributed by atoms with E-state index in [2.05, 4.69) is 15.7 Å². The SMILES string of the molecule is CNC(C(=O)Nc1ccc(OCC2CCCO2)cc1)c1cnn(C)c1. The van der Waals surface area contributed by atoms with Crippen molar-refractivity contribution in [3.63, 3.8) is 0 Å². The summed E-state index contributed by atoms with van der Waals surface area (Å²) < 4.78 is 12.9. The van der Waals surface area contributed by atoms with Crippen LogP contribution >= 0.6 is 0 Å². The van der Waals surface area contributed by atoms with Crippen LogP contribution in [-0.2, 0) is 16.6 Å². The van der Waals surface area contributed by atoms with Crippen LogP contribution in [0.4, 0.5) is 5.69 Å². The Morgan fingerprint density at radius 3 is 2.84 bits per heavy atom. The number of amides is 1. The van der Waals surface area contributed by atoms with E-state index < -0.39 is 6.04 Å². The van der Waals surface area contributed by atoms with Gasteiger partial charge < -0.3 is 20.1 Å². The molecule has 25 heavy (non-hydrogen) atoms. The van der Waals surface area contributed by atoms with Crippen molar-refractivity contribution in [3.05, 3.63) is 42.2 Å². The van der Waals surface area contributed by atoms with Crippen molar-refractivity contribution in [3.8, 4) is 5.75 Å². The molecule has 0 saturated carbocycles. The van der Waals surface area contributed by atoms with Gasteiger partial charge in [-0.05, 0) is 44.2 Å². The summed E-state index contributed by atoms with van der Waals surface area (Å²) in [6, 6.07) is 6.91. The summed E-state index contributed by atoms with van der Waals surface area (Å²) >= 11 is 0. The van der Waals surface area contributed by atoms with E-state index in [0.29, 0.717) is 6.61 Å². The minimum Gasteiger partial charge on any atom is -0.491 e. The second-order valence-corrected chi connectivity index (χ2v) is 6.13. The van der Waals surface area contributed by atoms with Crippen molar-refractivity contribution >= 4 is 11.6 Å². The van der Waals surface area contributed by atoms with Crippen LogP contribution in [0.5, 0.6) is 5.75 Å². The second kappa shape index (κ2) is 8.13. The highest BCUT2D eigenvalue weighted by Crippen LogP contribution is 2.20. The third kappa shape index (κ3) is 4.58. The van der Waals surface area contributed by atoms with Gasteiger partial charge in [-0.2, -0.15) is 5.10 Å². The molecule has 1 fully saturated rings. The van der Waals surface area contributed by atoms with Crippen LogP contribution in [0, 0.1) is 0 Å². The standard InChI is InChI=1S/C18H24N4O3/c1-19-17(13-10-20-22(2)11-13)18(23)21-14-5-7-15(8-6-14)25-12-16-4-3-9-24-16/h5-8,10-11,16-17,19H,3-4,9,12H2,1-2H3,(H,21,23). The highest BCUT2D eigenvalue weighted by Gasteiger charge is 2.20. The van der Waals surface area contributed by atoms with Crippen LogP contribution in [0.1, 0.15) is 24.4 Å². The van der Waals surface area contributed by atoms with Crippen molar-refractivity contribution in [1.29, 1.82) is 0 Å². The number of anilines is 1. The molecule has 0 radical (unpaired) electrons. The minimum absolute atomic E-state index is 0.136. The Hall–Kier alpha value is -2.38. The zero-order chi connectivity index (χ0) is 17.6. The number of nitrogens with zero attached hydrogens (tertiary/aromatic N) is 2. The zero-order valence-corrected chi connectivity index (χ0v) is 14.6. The molecule has 2 heterocycles. The van der Waals surface area contributed by atoms with Gasteiger partial charge in [0.05, 0.1) is 12.3 Å². The van der Waals surface area contributed by atoms with E-state index in [9.17, 15) is 4.79 Å². The number of nitrogens with one attached hydrogen (secondary N) is 2. The number of rotatable bonds is 7. The van der Waals surface area contributed by atoms with Gasteiger partial charge in [0.1, 0.15) is 18.4 Å². The number of benzene rings is 1. The van der Waals surface area contributed by atoms with Crippen LogP contribution in [0.3, 0.4) is 0 Å². The number of aryl methyl sites for hydroxylation is 1. The predicted octanol–water partition coefficient (Wildman–Crippen LogP) is 1.88. The van der Waals surface area contributed by atoms with E-state index >= 15 is 0 Å². The summed E-state index contributed by atoms with van der Waals surface area (Å²) in [7, 11) is 3.57. The lowest BCUT2D eigenvalue weighted by Gasteiger charge is -2.15. The third-order valence-corrected chi connectivity index (χ3v) is 4.19. The Kier molecular flexibility index (Phi) is 5.67. The van der Waals surface area contributed by atoms with Gasteiger partial charge in [-0.15, -0.1) is 0 Å². The van der Waals surface area contributed by atoms with Crippen LogP contribution in [-0.4, -0.2) is 42.1 Å². The highest BCUT2D eigenvalue weighted by atomic mass is 16.5. The molecule has 0 spiro atoms. The summed E-state index contributed by atoms with van der Waals surface area (Å²) in [4.78, 5) is 12.5. The summed E-state index contributed by atoms with van der Waals surface area (Å²) in [5.74, 6) is 0.634. The molecule has 0 aliphatic carbocycles. The summed E-state index contributed by atoms with van der Waals surface area (Å²) in [6.45, 7) is 1.39. The number of hydrogen-bond acceptors (Lipinski definition) is 5. The molecule has 2 unspecified atom stereocenters. The van der Waals surface area contributed by atoms with Crippen LogP contribution in [0.2, 0.25) is 0 Å². The first-order valence-electron chi connectivity index (χ1n) is 8.47. The maximum atomic E-state index is 12.5. The Balaban J connectivity index is 1.55. The molecular formula is C18H24N4O3. The quantitative estimate of drug-likeness (QED) is 0.802. The fraction of sp³-hybridized carbons (Fsp3) is 0.444. The lowest BCUT2D eigenvalue weighted by Crippen LogP contribution is -2.30. The molecule has 0 bridgehead atoms. The molecule has 7 heteroatoms. The molecule has 2 aromatic rings. The Morgan fingerprint density at radius 2 is 2.24 bits per heavy atom.